The average Bonchev–Trinajstić information content (AvgIpc) is 2.55. The highest BCUT2D eigenvalue weighted by Gasteiger charge is 2.37. The molecule has 0 bridgehead atoms. The molecule has 0 saturated carbocycles. The second kappa shape index (κ2) is 7.36. The lowest BCUT2D eigenvalue weighted by Crippen LogP contribution is -2.57. The maximum absolute atomic E-state index is 13.1. The zero-order valence-corrected chi connectivity index (χ0v) is 15.9. The molecular weight excluding hydrogens is 370 g/mol. The number of rotatable bonds is 3. The molecule has 25 heavy (non-hydrogen) atoms. The van der Waals surface area contributed by atoms with Gasteiger partial charge in [0.25, 0.3) is 5.91 Å². The third-order valence-corrected chi connectivity index (χ3v) is 6.47. The Morgan fingerprint density at radius 3 is 2.72 bits per heavy atom. The molecule has 2 atom stereocenters. The molecule has 1 aromatic carbocycles. The van der Waals surface area contributed by atoms with Crippen LogP contribution in [-0.2, 0) is 14.8 Å². The minimum absolute atomic E-state index is 0. The third-order valence-electron chi connectivity index (χ3n) is 4.46. The molecule has 8 nitrogen and oxygen atoms in total. The van der Waals surface area contributed by atoms with Gasteiger partial charge in [-0.15, -0.1) is 12.4 Å². The van der Waals surface area contributed by atoms with Crippen LogP contribution in [0, 0.1) is 0 Å². The Balaban J connectivity index is 0.00000225. The van der Waals surface area contributed by atoms with Crippen LogP contribution >= 0.6 is 12.4 Å². The van der Waals surface area contributed by atoms with E-state index in [9.17, 15) is 13.2 Å². The van der Waals surface area contributed by atoms with E-state index < -0.39 is 10.0 Å². The number of methoxy groups -OCH3 is 1. The van der Waals surface area contributed by atoms with Crippen LogP contribution in [0.25, 0.3) is 0 Å². The van der Waals surface area contributed by atoms with Crippen LogP contribution in [0.3, 0.4) is 0 Å². The zero-order valence-electron chi connectivity index (χ0n) is 14.2. The number of hydrogen-bond donors (Lipinski definition) is 2. The van der Waals surface area contributed by atoms with Gasteiger partial charge in [-0.2, -0.15) is 4.31 Å². The molecule has 2 heterocycles. The Labute approximate surface area is 153 Å². The third kappa shape index (κ3) is 3.55. The van der Waals surface area contributed by atoms with Gasteiger partial charge in [0.05, 0.1) is 12.8 Å². The molecule has 0 spiro atoms. The van der Waals surface area contributed by atoms with E-state index in [-0.39, 0.29) is 47.6 Å². The lowest BCUT2D eigenvalue weighted by Gasteiger charge is -2.37. The van der Waals surface area contributed by atoms with E-state index in [1.807, 2.05) is 13.8 Å². The first kappa shape index (κ1) is 19.8. The lowest BCUT2D eigenvalue weighted by molar-refractivity contribution is -0.118. The molecule has 3 rings (SSSR count). The van der Waals surface area contributed by atoms with Crippen LogP contribution < -0.4 is 20.1 Å². The SMILES string of the molecule is COc1cc2c(cc1S(=O)(=O)N1CCNC(C)C1C)OCC(=O)N2.Cl. The normalized spacial score (nSPS) is 23.7. The van der Waals surface area contributed by atoms with E-state index in [1.165, 1.54) is 23.5 Å². The number of piperazine rings is 1. The van der Waals surface area contributed by atoms with E-state index in [2.05, 4.69) is 10.6 Å². The van der Waals surface area contributed by atoms with E-state index in [0.29, 0.717) is 24.5 Å². The maximum Gasteiger partial charge on any atom is 0.262 e. The van der Waals surface area contributed by atoms with Crippen molar-refractivity contribution in [2.75, 3.05) is 32.1 Å². The van der Waals surface area contributed by atoms with E-state index in [1.54, 1.807) is 0 Å². The molecule has 1 amide bonds. The number of hydrogen-bond acceptors (Lipinski definition) is 6. The standard InChI is InChI=1S/C15H21N3O5S.ClH/c1-9-10(2)18(5-4-16-9)24(20,21)14-7-12-11(6-13(14)22-3)17-15(19)8-23-12;/h6-7,9-10,16H,4-5,8H2,1-3H3,(H,17,19);1H. The van der Waals surface area contributed by atoms with Gasteiger partial charge in [-0.25, -0.2) is 8.42 Å². The van der Waals surface area contributed by atoms with Crippen molar-refractivity contribution in [3.63, 3.8) is 0 Å². The summed E-state index contributed by atoms with van der Waals surface area (Å²) in [7, 11) is -2.36. The molecule has 140 valence electrons. The number of nitrogens with zero attached hydrogens (tertiary/aromatic N) is 1. The van der Waals surface area contributed by atoms with Crippen LogP contribution in [0.1, 0.15) is 13.8 Å². The Morgan fingerprint density at radius 2 is 2.04 bits per heavy atom. The average molecular weight is 392 g/mol. The first-order valence-corrected chi connectivity index (χ1v) is 9.18. The molecule has 10 heteroatoms. The fourth-order valence-electron chi connectivity index (χ4n) is 2.94. The molecule has 0 radical (unpaired) electrons. The van der Waals surface area contributed by atoms with Crippen molar-refractivity contribution in [2.24, 2.45) is 0 Å². The van der Waals surface area contributed by atoms with Crippen molar-refractivity contribution in [1.82, 2.24) is 9.62 Å². The highest BCUT2D eigenvalue weighted by molar-refractivity contribution is 7.89. The summed E-state index contributed by atoms with van der Waals surface area (Å²) in [5.41, 5.74) is 0.406. The molecule has 0 aromatic heterocycles. The van der Waals surface area contributed by atoms with Crippen LogP contribution in [0.2, 0.25) is 0 Å². The van der Waals surface area contributed by atoms with Gasteiger partial charge in [-0.3, -0.25) is 4.79 Å². The number of carbonyl (C=O) groups is 1. The van der Waals surface area contributed by atoms with E-state index in [4.69, 9.17) is 9.47 Å². The number of amides is 1. The summed E-state index contributed by atoms with van der Waals surface area (Å²) >= 11 is 0. The van der Waals surface area contributed by atoms with Gasteiger partial charge in [-0.1, -0.05) is 0 Å². The monoisotopic (exact) mass is 391 g/mol. The number of benzene rings is 1. The van der Waals surface area contributed by atoms with Gasteiger partial charge in [0.15, 0.2) is 6.61 Å². The van der Waals surface area contributed by atoms with Crippen LogP contribution in [0.15, 0.2) is 17.0 Å². The Bertz CT molecular complexity index is 771. The van der Waals surface area contributed by atoms with Gasteiger partial charge in [0.2, 0.25) is 10.0 Å². The largest absolute Gasteiger partial charge is 0.495 e. The summed E-state index contributed by atoms with van der Waals surface area (Å²) in [6, 6.07) is 2.76. The molecule has 2 unspecified atom stereocenters. The fraction of sp³-hybridized carbons (Fsp3) is 0.533. The van der Waals surface area contributed by atoms with Crippen LogP contribution in [0.5, 0.6) is 11.5 Å². The second-order valence-electron chi connectivity index (χ2n) is 5.94. The fourth-order valence-corrected chi connectivity index (χ4v) is 4.80. The minimum atomic E-state index is -3.76. The first-order chi connectivity index (χ1) is 11.3. The number of halogens is 1. The summed E-state index contributed by atoms with van der Waals surface area (Å²) in [5, 5.41) is 5.91. The number of carbonyl (C=O) groups excluding carboxylic acids is 1. The number of anilines is 1. The van der Waals surface area contributed by atoms with Crippen LogP contribution in [0.4, 0.5) is 5.69 Å². The molecule has 1 fully saturated rings. The van der Waals surface area contributed by atoms with Crippen molar-refractivity contribution in [3.8, 4) is 11.5 Å². The van der Waals surface area contributed by atoms with Crippen molar-refractivity contribution >= 4 is 34.0 Å². The highest BCUT2D eigenvalue weighted by atomic mass is 35.5. The second-order valence-corrected chi connectivity index (χ2v) is 7.79. The maximum atomic E-state index is 13.1. The van der Waals surface area contributed by atoms with Crippen molar-refractivity contribution in [2.45, 2.75) is 30.8 Å². The predicted molar refractivity (Wildman–Crippen MR) is 95.2 cm³/mol. The van der Waals surface area contributed by atoms with Gasteiger partial charge >= 0.3 is 0 Å². The molecule has 0 aliphatic carbocycles. The van der Waals surface area contributed by atoms with Crippen LogP contribution in [-0.4, -0.2) is 57.5 Å². The number of fused-ring (bicyclic) bond motifs is 1. The smallest absolute Gasteiger partial charge is 0.262 e. The Kier molecular flexibility index (Phi) is 5.82. The summed E-state index contributed by atoms with van der Waals surface area (Å²) in [4.78, 5) is 11.5. The summed E-state index contributed by atoms with van der Waals surface area (Å²) in [6.07, 6.45) is 0. The van der Waals surface area contributed by atoms with Gasteiger partial charge in [0, 0.05) is 37.3 Å². The molecular formula is C15H22ClN3O5S. The number of sulfonamides is 1. The van der Waals surface area contributed by atoms with Gasteiger partial charge in [-0.05, 0) is 13.8 Å². The molecule has 2 N–H and O–H groups in total. The molecule has 1 aromatic rings. The topological polar surface area (TPSA) is 97.0 Å². The lowest BCUT2D eigenvalue weighted by atomic mass is 10.1. The summed E-state index contributed by atoms with van der Waals surface area (Å²) < 4.78 is 38.4. The Hall–Kier alpha value is -1.55. The number of nitrogens with one attached hydrogen (secondary N) is 2. The summed E-state index contributed by atoms with van der Waals surface area (Å²) in [6.45, 7) is 4.65. The van der Waals surface area contributed by atoms with Crippen molar-refractivity contribution in [3.05, 3.63) is 12.1 Å². The summed E-state index contributed by atoms with van der Waals surface area (Å²) in [5.74, 6) is 0.215. The van der Waals surface area contributed by atoms with Gasteiger partial charge in [0.1, 0.15) is 16.4 Å². The van der Waals surface area contributed by atoms with Gasteiger partial charge < -0.3 is 20.1 Å². The predicted octanol–water partition coefficient (Wildman–Crippen LogP) is 0.819. The Morgan fingerprint density at radius 1 is 1.32 bits per heavy atom. The quantitative estimate of drug-likeness (QED) is 0.791. The zero-order chi connectivity index (χ0) is 17.5. The first-order valence-electron chi connectivity index (χ1n) is 7.74. The molecule has 1 saturated heterocycles. The molecule has 2 aliphatic rings. The van der Waals surface area contributed by atoms with E-state index in [0.717, 1.165) is 0 Å². The highest BCUT2D eigenvalue weighted by Crippen LogP contribution is 2.38. The van der Waals surface area contributed by atoms with Crippen molar-refractivity contribution < 1.29 is 22.7 Å². The van der Waals surface area contributed by atoms with E-state index >= 15 is 0 Å². The number of ether oxygens (including phenoxy) is 2. The minimum Gasteiger partial charge on any atom is -0.495 e. The molecule has 2 aliphatic heterocycles. The van der Waals surface area contributed by atoms with Crippen molar-refractivity contribution in [1.29, 1.82) is 0 Å².